The molecule has 2 unspecified atom stereocenters. The van der Waals surface area contributed by atoms with Crippen LogP contribution in [0.2, 0.25) is 0 Å². The molecule has 2 atom stereocenters. The number of rotatable bonds is 4. The van der Waals surface area contributed by atoms with Gasteiger partial charge in [-0.25, -0.2) is 0 Å². The van der Waals surface area contributed by atoms with E-state index in [4.69, 9.17) is 0 Å². The number of aliphatic hydroxyl groups is 1. The molecule has 104 valence electrons. The summed E-state index contributed by atoms with van der Waals surface area (Å²) in [5, 5.41) is 13.7. The summed E-state index contributed by atoms with van der Waals surface area (Å²) in [7, 11) is 0. The number of nitrogens with one attached hydrogen (secondary N) is 1. The van der Waals surface area contributed by atoms with Crippen molar-refractivity contribution in [1.29, 1.82) is 0 Å². The summed E-state index contributed by atoms with van der Waals surface area (Å²) in [6.45, 7) is 3.87. The van der Waals surface area contributed by atoms with Gasteiger partial charge >= 0.3 is 0 Å². The SMILES string of the molecule is OC1CCCCC1NC1CCN(CC2CC2)CC1. The number of hydrogen-bond donors (Lipinski definition) is 2. The molecule has 1 aliphatic heterocycles. The molecule has 0 radical (unpaired) electrons. The van der Waals surface area contributed by atoms with E-state index < -0.39 is 0 Å². The smallest absolute Gasteiger partial charge is 0.0693 e. The summed E-state index contributed by atoms with van der Waals surface area (Å²) < 4.78 is 0. The van der Waals surface area contributed by atoms with Crippen molar-refractivity contribution in [2.24, 2.45) is 5.92 Å². The fourth-order valence-electron chi connectivity index (χ4n) is 3.56. The maximum absolute atomic E-state index is 10.0. The highest BCUT2D eigenvalue weighted by Crippen LogP contribution is 2.30. The van der Waals surface area contributed by atoms with E-state index in [9.17, 15) is 5.11 Å². The third kappa shape index (κ3) is 3.46. The first-order valence-electron chi connectivity index (χ1n) is 7.98. The van der Waals surface area contributed by atoms with Crippen LogP contribution < -0.4 is 5.32 Å². The van der Waals surface area contributed by atoms with Crippen LogP contribution in [0.5, 0.6) is 0 Å². The molecule has 3 fully saturated rings. The summed E-state index contributed by atoms with van der Waals surface area (Å²) in [4.78, 5) is 2.65. The van der Waals surface area contributed by atoms with E-state index in [-0.39, 0.29) is 6.10 Å². The van der Waals surface area contributed by atoms with Gasteiger partial charge in [-0.2, -0.15) is 0 Å². The minimum absolute atomic E-state index is 0.0942. The average molecular weight is 252 g/mol. The maximum atomic E-state index is 10.0. The van der Waals surface area contributed by atoms with Gasteiger partial charge in [-0.15, -0.1) is 0 Å². The number of nitrogens with zero attached hydrogens (tertiary/aromatic N) is 1. The van der Waals surface area contributed by atoms with Gasteiger partial charge in [-0.3, -0.25) is 0 Å². The Balaban J connectivity index is 1.38. The Bertz CT molecular complexity index is 259. The van der Waals surface area contributed by atoms with Gasteiger partial charge in [-0.05, 0) is 57.5 Å². The Morgan fingerprint density at radius 1 is 0.944 bits per heavy atom. The lowest BCUT2D eigenvalue weighted by Gasteiger charge is -2.37. The first-order chi connectivity index (χ1) is 8.81. The lowest BCUT2D eigenvalue weighted by atomic mass is 9.91. The highest BCUT2D eigenvalue weighted by Gasteiger charge is 2.29. The quantitative estimate of drug-likeness (QED) is 0.800. The minimum atomic E-state index is -0.0942. The number of piperidine rings is 1. The Kier molecular flexibility index (Phi) is 4.22. The van der Waals surface area contributed by atoms with Crippen molar-refractivity contribution in [2.75, 3.05) is 19.6 Å². The van der Waals surface area contributed by atoms with E-state index in [2.05, 4.69) is 10.2 Å². The molecule has 0 amide bonds. The fourth-order valence-corrected chi connectivity index (χ4v) is 3.56. The number of hydrogen-bond acceptors (Lipinski definition) is 3. The second-order valence-corrected chi connectivity index (χ2v) is 6.64. The van der Waals surface area contributed by atoms with E-state index in [1.54, 1.807) is 0 Å². The van der Waals surface area contributed by atoms with Crippen LogP contribution in [-0.2, 0) is 0 Å². The molecule has 1 heterocycles. The molecule has 2 saturated carbocycles. The fraction of sp³-hybridized carbons (Fsp3) is 1.00. The van der Waals surface area contributed by atoms with Crippen molar-refractivity contribution in [3.05, 3.63) is 0 Å². The summed E-state index contributed by atoms with van der Waals surface area (Å²) in [6, 6.07) is 1.02. The molecule has 3 nitrogen and oxygen atoms in total. The molecule has 3 rings (SSSR count). The normalized spacial score (nSPS) is 35.8. The Morgan fingerprint density at radius 3 is 2.33 bits per heavy atom. The van der Waals surface area contributed by atoms with Crippen LogP contribution in [0.25, 0.3) is 0 Å². The lowest BCUT2D eigenvalue weighted by Crippen LogP contribution is -2.51. The Labute approximate surface area is 111 Å². The summed E-state index contributed by atoms with van der Waals surface area (Å²) in [5.41, 5.74) is 0. The molecule has 3 aliphatic rings. The van der Waals surface area contributed by atoms with E-state index in [0.717, 1.165) is 12.3 Å². The average Bonchev–Trinajstić information content (AvgIpc) is 3.19. The van der Waals surface area contributed by atoms with Crippen LogP contribution in [0.4, 0.5) is 0 Å². The van der Waals surface area contributed by atoms with E-state index >= 15 is 0 Å². The molecule has 1 saturated heterocycles. The predicted molar refractivity (Wildman–Crippen MR) is 73.6 cm³/mol. The largest absolute Gasteiger partial charge is 0.392 e. The number of likely N-dealkylation sites (tertiary alicyclic amines) is 1. The predicted octanol–water partition coefficient (Wildman–Crippen LogP) is 1.75. The van der Waals surface area contributed by atoms with Crippen LogP contribution in [-0.4, -0.2) is 47.8 Å². The first-order valence-corrected chi connectivity index (χ1v) is 7.98. The Morgan fingerprint density at radius 2 is 1.67 bits per heavy atom. The van der Waals surface area contributed by atoms with Gasteiger partial charge in [0.2, 0.25) is 0 Å². The monoisotopic (exact) mass is 252 g/mol. The zero-order chi connectivity index (χ0) is 12.4. The van der Waals surface area contributed by atoms with Gasteiger partial charge in [0, 0.05) is 18.6 Å². The number of aliphatic hydroxyl groups excluding tert-OH is 1. The van der Waals surface area contributed by atoms with E-state index in [0.29, 0.717) is 12.1 Å². The molecule has 2 aliphatic carbocycles. The van der Waals surface area contributed by atoms with Crippen LogP contribution in [0, 0.1) is 5.92 Å². The third-order valence-corrected chi connectivity index (χ3v) is 4.98. The van der Waals surface area contributed by atoms with Crippen molar-refractivity contribution in [3.8, 4) is 0 Å². The lowest BCUT2D eigenvalue weighted by molar-refractivity contribution is 0.0761. The summed E-state index contributed by atoms with van der Waals surface area (Å²) in [5.74, 6) is 1.02. The minimum Gasteiger partial charge on any atom is -0.392 e. The van der Waals surface area contributed by atoms with Gasteiger partial charge < -0.3 is 15.3 Å². The molecule has 0 aromatic carbocycles. The van der Waals surface area contributed by atoms with Crippen LogP contribution in [0.15, 0.2) is 0 Å². The zero-order valence-electron chi connectivity index (χ0n) is 11.5. The zero-order valence-corrected chi connectivity index (χ0v) is 11.5. The van der Waals surface area contributed by atoms with E-state index in [1.807, 2.05) is 0 Å². The van der Waals surface area contributed by atoms with Gasteiger partial charge in [0.05, 0.1) is 6.10 Å². The molecule has 3 heteroatoms. The van der Waals surface area contributed by atoms with Crippen LogP contribution in [0.3, 0.4) is 0 Å². The van der Waals surface area contributed by atoms with Crippen molar-refractivity contribution >= 4 is 0 Å². The van der Waals surface area contributed by atoms with Crippen LogP contribution >= 0.6 is 0 Å². The molecular weight excluding hydrogens is 224 g/mol. The summed E-state index contributed by atoms with van der Waals surface area (Å²) >= 11 is 0. The molecular formula is C15H28N2O. The second-order valence-electron chi connectivity index (χ2n) is 6.64. The van der Waals surface area contributed by atoms with Gasteiger partial charge in [-0.1, -0.05) is 12.8 Å². The highest BCUT2D eigenvalue weighted by molar-refractivity contribution is 4.87. The van der Waals surface area contributed by atoms with Crippen molar-refractivity contribution in [3.63, 3.8) is 0 Å². The van der Waals surface area contributed by atoms with Gasteiger partial charge in [0.15, 0.2) is 0 Å². The molecule has 0 aromatic rings. The third-order valence-electron chi connectivity index (χ3n) is 4.98. The molecule has 0 bridgehead atoms. The van der Waals surface area contributed by atoms with Crippen molar-refractivity contribution < 1.29 is 5.11 Å². The molecule has 0 spiro atoms. The van der Waals surface area contributed by atoms with Crippen molar-refractivity contribution in [1.82, 2.24) is 10.2 Å². The highest BCUT2D eigenvalue weighted by atomic mass is 16.3. The molecule has 2 N–H and O–H groups in total. The van der Waals surface area contributed by atoms with Gasteiger partial charge in [0.25, 0.3) is 0 Å². The van der Waals surface area contributed by atoms with Crippen molar-refractivity contribution in [2.45, 2.75) is 69.6 Å². The molecule has 18 heavy (non-hydrogen) atoms. The van der Waals surface area contributed by atoms with Crippen LogP contribution in [0.1, 0.15) is 51.4 Å². The standard InChI is InChI=1S/C15H28N2O/c18-15-4-2-1-3-14(15)16-13-7-9-17(10-8-13)11-12-5-6-12/h12-16,18H,1-11H2. The Hall–Kier alpha value is -0.120. The summed E-state index contributed by atoms with van der Waals surface area (Å²) in [6.07, 6.45) is 10.0. The van der Waals surface area contributed by atoms with E-state index in [1.165, 1.54) is 64.6 Å². The first kappa shape index (κ1) is 12.9. The topological polar surface area (TPSA) is 35.5 Å². The van der Waals surface area contributed by atoms with Gasteiger partial charge in [0.1, 0.15) is 0 Å². The molecule has 0 aromatic heterocycles. The maximum Gasteiger partial charge on any atom is 0.0693 e. The second kappa shape index (κ2) is 5.89.